The Hall–Kier alpha value is -4.22. The van der Waals surface area contributed by atoms with Crippen molar-refractivity contribution >= 4 is 71.6 Å². The van der Waals surface area contributed by atoms with Crippen LogP contribution in [0.25, 0.3) is 0 Å². The summed E-state index contributed by atoms with van der Waals surface area (Å²) in [7, 11) is 0. The van der Waals surface area contributed by atoms with Crippen molar-refractivity contribution in [2.24, 2.45) is 21.7 Å². The number of unbranched alkanes of at least 4 members (excludes halogenated alkanes) is 8. The molecule has 24 nitrogen and oxygen atoms in total. The maximum Gasteiger partial charge on any atom is 4.00 e. The van der Waals surface area contributed by atoms with Crippen LogP contribution < -0.4 is 61.3 Å². The van der Waals surface area contributed by atoms with Crippen LogP contribution in [-0.4, -0.2) is 71.6 Å². The van der Waals surface area contributed by atoms with Crippen molar-refractivity contribution in [3.05, 3.63) is 0 Å². The predicted octanol–water partition coefficient (Wildman–Crippen LogP) is -12.8. The van der Waals surface area contributed by atoms with Crippen molar-refractivity contribution in [3.63, 3.8) is 0 Å². The van der Waals surface area contributed by atoms with E-state index in [-0.39, 0.29) is 90.8 Å². The zero-order chi connectivity index (χ0) is 48.2. The molecule has 0 aliphatic heterocycles. The Morgan fingerprint density at radius 3 is 0.397 bits per heavy atom. The van der Waals surface area contributed by atoms with Crippen molar-refractivity contribution in [2.75, 3.05) is 0 Å². The molecule has 0 heterocycles. The largest absolute Gasteiger partial charge is 4.00 e. The first-order chi connectivity index (χ1) is 27.6. The number of hydrogen-bond acceptors (Lipinski definition) is 24. The second-order valence-electron chi connectivity index (χ2n) is 12.9. The van der Waals surface area contributed by atoms with Crippen LogP contribution in [0.1, 0.15) is 130 Å². The summed E-state index contributed by atoms with van der Waals surface area (Å²) in [5, 5.41) is 127. The third-order valence-corrected chi connectivity index (χ3v) is 8.80. The van der Waals surface area contributed by atoms with Gasteiger partial charge in [0.25, 0.3) is 0 Å². The summed E-state index contributed by atoms with van der Waals surface area (Å²) in [4.78, 5) is 127. The second kappa shape index (κ2) is 36.2. The molecule has 0 N–H and O–H groups in total. The quantitative estimate of drug-likeness (QED) is 0.0399. The molecule has 0 amide bonds. The van der Waals surface area contributed by atoms with Gasteiger partial charge in [0.15, 0.2) is 0 Å². The molecular formula is C36H44O24Ti3. The van der Waals surface area contributed by atoms with E-state index >= 15 is 0 Å². The van der Waals surface area contributed by atoms with Crippen LogP contribution in [0, 0.1) is 21.7 Å². The molecule has 27 heteroatoms. The molecule has 0 aliphatic carbocycles. The molecule has 0 unspecified atom stereocenters. The first-order valence-corrected chi connectivity index (χ1v) is 18.1. The molecule has 0 aromatic rings. The summed E-state index contributed by atoms with van der Waals surface area (Å²) >= 11 is 0. The van der Waals surface area contributed by atoms with Crippen LogP contribution in [0.4, 0.5) is 0 Å². The van der Waals surface area contributed by atoms with Crippen molar-refractivity contribution < 1.29 is 184 Å². The van der Waals surface area contributed by atoms with Gasteiger partial charge in [-0.15, -0.1) is 0 Å². The Bertz CT molecular complexity index is 1180. The monoisotopic (exact) mass is 1000 g/mol. The number of carboxylic acids is 12. The second-order valence-corrected chi connectivity index (χ2v) is 12.9. The van der Waals surface area contributed by atoms with E-state index in [1.807, 2.05) is 0 Å². The van der Waals surface area contributed by atoms with E-state index in [2.05, 4.69) is 0 Å². The molecule has 0 atom stereocenters. The summed E-state index contributed by atoms with van der Waals surface area (Å²) in [5.41, 5.74) is -12.1. The van der Waals surface area contributed by atoms with Crippen LogP contribution >= 0.6 is 0 Å². The molecule has 63 heavy (non-hydrogen) atoms. The van der Waals surface area contributed by atoms with Gasteiger partial charge >= 0.3 is 65.2 Å². The molecule has 0 fully saturated rings. The van der Waals surface area contributed by atoms with Crippen LogP contribution in [0.5, 0.6) is 0 Å². The van der Waals surface area contributed by atoms with Crippen molar-refractivity contribution in [2.45, 2.75) is 130 Å². The van der Waals surface area contributed by atoms with Crippen LogP contribution in [-0.2, 0) is 123 Å². The standard InChI is InChI=1S/4C9H14O6.3Ti/c4*1-2-3-4-5-9(6(10)11,7(12)13)8(14)15;;;/h4*2-5H2,1H3,(H,10,11)(H,12,13)(H,14,15);;;/q;;;;3*+4/p-12. The number of carbonyl (C=O) groups excluding carboxylic acids is 12. The predicted molar refractivity (Wildman–Crippen MR) is 166 cm³/mol. The van der Waals surface area contributed by atoms with E-state index in [1.54, 1.807) is 27.7 Å². The Morgan fingerprint density at radius 2 is 0.333 bits per heavy atom. The molecule has 0 aromatic heterocycles. The Morgan fingerprint density at radius 1 is 0.238 bits per heavy atom. The number of hydrogen-bond donors (Lipinski definition) is 0. The number of rotatable bonds is 28. The Kier molecular flexibility index (Phi) is 42.0. The summed E-state index contributed by atoms with van der Waals surface area (Å²) in [5.74, 6) is -26.3. The minimum Gasteiger partial charge on any atom is -0.549 e. The number of carboxylic acid groups (broad SMARTS) is 12. The molecule has 0 saturated carbocycles. The average molecular weight is 1000 g/mol. The third-order valence-electron chi connectivity index (χ3n) is 8.80. The van der Waals surface area contributed by atoms with Gasteiger partial charge in [0.1, 0.15) is 0 Å². The van der Waals surface area contributed by atoms with Crippen LogP contribution in [0.2, 0.25) is 0 Å². The minimum absolute atomic E-state index is 0. The molecule has 0 radical (unpaired) electrons. The first-order valence-electron chi connectivity index (χ1n) is 18.1. The number of carbonyl (C=O) groups is 12. The average Bonchev–Trinajstić information content (AvgIpc) is 3.11. The molecular weight excluding hydrogens is 960 g/mol. The van der Waals surface area contributed by atoms with Crippen LogP contribution in [0.3, 0.4) is 0 Å². The van der Waals surface area contributed by atoms with Gasteiger partial charge in [-0.25, -0.2) is 0 Å². The van der Waals surface area contributed by atoms with Gasteiger partial charge in [0.2, 0.25) is 0 Å². The first kappa shape index (κ1) is 73.2. The topological polar surface area (TPSA) is 482 Å². The van der Waals surface area contributed by atoms with Crippen molar-refractivity contribution in [3.8, 4) is 0 Å². The van der Waals surface area contributed by atoms with Gasteiger partial charge in [-0.1, -0.05) is 105 Å². The normalized spacial score (nSPS) is 10.5. The maximum absolute atomic E-state index is 10.5. The summed E-state index contributed by atoms with van der Waals surface area (Å²) in [6, 6.07) is 0. The summed E-state index contributed by atoms with van der Waals surface area (Å²) < 4.78 is 0. The van der Waals surface area contributed by atoms with Gasteiger partial charge in [-0.05, 0) is 25.7 Å². The smallest absolute Gasteiger partial charge is 0.549 e. The molecule has 344 valence electrons. The molecule has 0 rings (SSSR count). The number of aliphatic carboxylic acids is 12. The summed E-state index contributed by atoms with van der Waals surface area (Å²) in [6.45, 7) is 7.22. The van der Waals surface area contributed by atoms with E-state index < -0.39 is 119 Å². The fourth-order valence-corrected chi connectivity index (χ4v) is 4.79. The Labute approximate surface area is 405 Å². The van der Waals surface area contributed by atoms with Gasteiger partial charge in [-0.2, -0.15) is 0 Å². The van der Waals surface area contributed by atoms with E-state index in [0.717, 1.165) is 0 Å². The van der Waals surface area contributed by atoms with Crippen LogP contribution in [0.15, 0.2) is 0 Å². The van der Waals surface area contributed by atoms with E-state index in [4.69, 9.17) is 0 Å². The SMILES string of the molecule is CCCCCC(C(=O)[O-])(C(=O)[O-])C(=O)[O-].CCCCCC(C(=O)[O-])(C(=O)[O-])C(=O)[O-].CCCCCC(C(=O)[O-])(C(=O)[O-])C(=O)[O-].CCCCCC(C(=O)[O-])(C(=O)[O-])C(=O)[O-].[Ti+4].[Ti+4].[Ti+4]. The zero-order valence-electron chi connectivity index (χ0n) is 34.6. The molecule has 0 aliphatic rings. The fourth-order valence-electron chi connectivity index (χ4n) is 4.79. The zero-order valence-corrected chi connectivity index (χ0v) is 39.3. The fraction of sp³-hybridized carbons (Fsp3) is 0.667. The van der Waals surface area contributed by atoms with Crippen molar-refractivity contribution in [1.82, 2.24) is 0 Å². The molecule has 0 aromatic carbocycles. The van der Waals surface area contributed by atoms with Gasteiger partial charge in [0, 0.05) is 0 Å². The van der Waals surface area contributed by atoms with Gasteiger partial charge < -0.3 is 119 Å². The van der Waals surface area contributed by atoms with Gasteiger partial charge in [0.05, 0.1) is 93.3 Å². The van der Waals surface area contributed by atoms with E-state index in [1.165, 1.54) is 0 Å². The molecule has 0 spiro atoms. The minimum atomic E-state index is -3.03. The molecule has 0 saturated heterocycles. The van der Waals surface area contributed by atoms with Crippen molar-refractivity contribution in [1.29, 1.82) is 0 Å². The van der Waals surface area contributed by atoms with Gasteiger partial charge in [-0.3, -0.25) is 0 Å². The Balaban J connectivity index is -0.000000131. The third kappa shape index (κ3) is 21.3. The van der Waals surface area contributed by atoms with E-state index in [9.17, 15) is 119 Å². The summed E-state index contributed by atoms with van der Waals surface area (Å²) in [6.07, 6.45) is 3.16. The maximum atomic E-state index is 10.5. The molecule has 0 bridgehead atoms. The van der Waals surface area contributed by atoms with E-state index in [0.29, 0.717) is 51.4 Å².